The third kappa shape index (κ3) is 4.89. The van der Waals surface area contributed by atoms with Gasteiger partial charge in [0.2, 0.25) is 5.72 Å². The SMILES string of the molecule is CC1(C)C[N+](C)(C)C(C)(c2ccccc2)O1.[O-][Cl+](O)(O)O. The Hall–Kier alpha value is -0.730. The van der Waals surface area contributed by atoms with Gasteiger partial charge < -0.3 is 4.74 Å². The van der Waals surface area contributed by atoms with Crippen LogP contribution < -0.4 is 4.66 Å². The summed E-state index contributed by atoms with van der Waals surface area (Å²) in [5, 5.41) is 0. The Morgan fingerprint density at radius 2 is 1.52 bits per heavy atom. The van der Waals surface area contributed by atoms with Crippen LogP contribution in [0.1, 0.15) is 26.3 Å². The first kappa shape index (κ1) is 18.3. The van der Waals surface area contributed by atoms with E-state index in [0.29, 0.717) is 0 Å². The fourth-order valence-electron chi connectivity index (χ4n) is 2.95. The van der Waals surface area contributed by atoms with E-state index in [1.807, 2.05) is 6.07 Å². The third-order valence-electron chi connectivity index (χ3n) is 3.72. The van der Waals surface area contributed by atoms with Crippen LogP contribution in [0.25, 0.3) is 0 Å². The summed E-state index contributed by atoms with van der Waals surface area (Å²) in [5.41, 5.74) is 0.948. The van der Waals surface area contributed by atoms with Crippen molar-refractivity contribution in [2.24, 2.45) is 0 Å². The van der Waals surface area contributed by atoms with Crippen LogP contribution in [0.5, 0.6) is 0 Å². The number of halogens is 1. The molecule has 122 valence electrons. The summed E-state index contributed by atoms with van der Waals surface area (Å²) >= 11 is 0. The minimum absolute atomic E-state index is 0.0614. The van der Waals surface area contributed by atoms with Gasteiger partial charge in [-0.3, -0.25) is 4.48 Å². The molecule has 21 heavy (non-hydrogen) atoms. The molecule has 3 N–H and O–H groups in total. The van der Waals surface area contributed by atoms with E-state index in [2.05, 4.69) is 59.1 Å². The summed E-state index contributed by atoms with van der Waals surface area (Å²) in [6, 6.07) is 10.5. The molecular formula is C14H25ClNO5+. The van der Waals surface area contributed by atoms with Gasteiger partial charge in [-0.25, -0.2) is 0 Å². The Balaban J connectivity index is 0.000000383. The van der Waals surface area contributed by atoms with Crippen LogP contribution in [-0.4, -0.2) is 44.7 Å². The number of ether oxygens (including phenoxy) is 1. The minimum atomic E-state index is -4.19. The van der Waals surface area contributed by atoms with E-state index in [9.17, 15) is 0 Å². The summed E-state index contributed by atoms with van der Waals surface area (Å²) in [4.78, 5) is 0. The van der Waals surface area contributed by atoms with E-state index in [1.165, 1.54) is 5.56 Å². The fourth-order valence-corrected chi connectivity index (χ4v) is 2.95. The van der Waals surface area contributed by atoms with Crippen LogP contribution in [0.3, 0.4) is 0 Å². The monoisotopic (exact) mass is 322 g/mol. The van der Waals surface area contributed by atoms with Crippen LogP contribution in [0.2, 0.25) is 0 Å². The first-order valence-electron chi connectivity index (χ1n) is 6.52. The normalized spacial score (nSPS) is 27.7. The first-order chi connectivity index (χ1) is 9.27. The zero-order chi connectivity index (χ0) is 16.5. The molecule has 1 heterocycles. The Morgan fingerprint density at radius 3 is 1.86 bits per heavy atom. The second-order valence-corrected chi connectivity index (χ2v) is 7.36. The molecular weight excluding hydrogens is 298 g/mol. The van der Waals surface area contributed by atoms with Crippen molar-refractivity contribution in [1.29, 1.82) is 0 Å². The van der Waals surface area contributed by atoms with Gasteiger partial charge >= 0.3 is 28.9 Å². The van der Waals surface area contributed by atoms with Crippen LogP contribution in [0.4, 0.5) is 0 Å². The molecule has 1 unspecified atom stereocenters. The average Bonchev–Trinajstić information content (AvgIpc) is 2.42. The molecule has 0 aromatic heterocycles. The Morgan fingerprint density at radius 1 is 1.10 bits per heavy atom. The van der Waals surface area contributed by atoms with Crippen molar-refractivity contribution >= 4 is 0 Å². The Labute approximate surface area is 127 Å². The molecule has 0 bridgehead atoms. The average molecular weight is 323 g/mol. The molecule has 0 saturated carbocycles. The number of benzene rings is 1. The number of hydrogen-bond donors (Lipinski definition) is 3. The molecule has 0 amide bonds. The van der Waals surface area contributed by atoms with Crippen LogP contribution in [0.15, 0.2) is 30.3 Å². The molecule has 0 spiro atoms. The van der Waals surface area contributed by atoms with E-state index < -0.39 is 10.2 Å². The van der Waals surface area contributed by atoms with Gasteiger partial charge in [-0.1, -0.05) is 30.3 Å². The number of nitrogens with zero attached hydrogens (tertiary/aromatic N) is 1. The fraction of sp³-hybridized carbons (Fsp3) is 0.571. The van der Waals surface area contributed by atoms with E-state index in [1.54, 1.807) is 0 Å². The van der Waals surface area contributed by atoms with Gasteiger partial charge in [-0.05, 0) is 13.8 Å². The molecule has 6 nitrogen and oxygen atoms in total. The van der Waals surface area contributed by atoms with E-state index in [-0.39, 0.29) is 11.3 Å². The van der Waals surface area contributed by atoms with E-state index in [4.69, 9.17) is 23.4 Å². The zero-order valence-corrected chi connectivity index (χ0v) is 13.8. The summed E-state index contributed by atoms with van der Waals surface area (Å²) in [6.45, 7) is 7.55. The van der Waals surface area contributed by atoms with Crippen molar-refractivity contribution in [2.45, 2.75) is 32.1 Å². The maximum absolute atomic E-state index is 8.83. The van der Waals surface area contributed by atoms with Gasteiger partial charge in [0.25, 0.3) is 0 Å². The summed E-state index contributed by atoms with van der Waals surface area (Å²) in [5.74, 6) is 0. The second kappa shape index (κ2) is 5.81. The van der Waals surface area contributed by atoms with Gasteiger partial charge in [0.15, 0.2) is 0 Å². The molecule has 1 aliphatic rings. The molecule has 7 heteroatoms. The van der Waals surface area contributed by atoms with Gasteiger partial charge in [-0.2, -0.15) is 0 Å². The number of quaternary nitrogens is 1. The maximum atomic E-state index is 8.83. The van der Waals surface area contributed by atoms with Crippen LogP contribution >= 0.6 is 0 Å². The Bertz CT molecular complexity index is 466. The van der Waals surface area contributed by atoms with Crippen molar-refractivity contribution < 1.29 is 38.1 Å². The van der Waals surface area contributed by atoms with Gasteiger partial charge in [0.1, 0.15) is 12.1 Å². The van der Waals surface area contributed by atoms with Crippen molar-refractivity contribution in [2.75, 3.05) is 20.6 Å². The number of hydrogen-bond acceptors (Lipinski definition) is 5. The number of likely N-dealkylation sites (N-methyl/N-ethyl adjacent to an activating group) is 1. The standard InChI is InChI=1S/C14H22NO.ClH3O4/c1-13(2)11-15(4,5)14(3,16-13)12-9-7-6-8-10-12;2-1(3,4)5/h6-10H,11H2,1-5H3;2-4H/q+1;. The number of rotatable bonds is 1. The summed E-state index contributed by atoms with van der Waals surface area (Å²) in [6.07, 6.45) is 0. The third-order valence-corrected chi connectivity index (χ3v) is 3.72. The predicted molar refractivity (Wildman–Crippen MR) is 72.6 cm³/mol. The molecule has 2 rings (SSSR count). The first-order valence-corrected chi connectivity index (χ1v) is 7.84. The zero-order valence-electron chi connectivity index (χ0n) is 13.1. The molecule has 1 atom stereocenters. The van der Waals surface area contributed by atoms with Gasteiger partial charge in [0.05, 0.1) is 14.1 Å². The Kier molecular flexibility index (Phi) is 5.07. The van der Waals surface area contributed by atoms with Gasteiger partial charge in [-0.15, -0.1) is 0 Å². The van der Waals surface area contributed by atoms with Crippen molar-refractivity contribution in [1.82, 2.24) is 0 Å². The quantitative estimate of drug-likeness (QED) is 0.627. The molecule has 1 aromatic rings. The van der Waals surface area contributed by atoms with Crippen molar-refractivity contribution in [3.05, 3.63) is 35.9 Å². The molecule has 1 fully saturated rings. The summed E-state index contributed by atoms with van der Waals surface area (Å²) in [7, 11) is 0.281. The molecule has 1 saturated heterocycles. The molecule has 1 aliphatic heterocycles. The molecule has 1 aromatic carbocycles. The van der Waals surface area contributed by atoms with Crippen LogP contribution in [0, 0.1) is 10.2 Å². The second-order valence-electron chi connectivity index (χ2n) is 6.49. The molecule has 0 aliphatic carbocycles. The topological polar surface area (TPSA) is 93.0 Å². The van der Waals surface area contributed by atoms with E-state index >= 15 is 0 Å². The van der Waals surface area contributed by atoms with Crippen molar-refractivity contribution in [3.63, 3.8) is 0 Å². The molecule has 0 radical (unpaired) electrons. The van der Waals surface area contributed by atoms with Gasteiger partial charge in [0, 0.05) is 12.5 Å². The summed E-state index contributed by atoms with van der Waals surface area (Å²) < 4.78 is 37.4. The van der Waals surface area contributed by atoms with Crippen LogP contribution in [-0.2, 0) is 10.5 Å². The van der Waals surface area contributed by atoms with Crippen molar-refractivity contribution in [3.8, 4) is 0 Å². The predicted octanol–water partition coefficient (Wildman–Crippen LogP) is -0.115. The van der Waals surface area contributed by atoms with E-state index in [0.717, 1.165) is 11.0 Å².